The summed E-state index contributed by atoms with van der Waals surface area (Å²) < 4.78 is 15.9. The molecule has 6 heteroatoms. The van der Waals surface area contributed by atoms with Gasteiger partial charge >= 0.3 is 7.60 Å². The van der Waals surface area contributed by atoms with E-state index in [2.05, 4.69) is 31.2 Å². The lowest BCUT2D eigenvalue weighted by Crippen LogP contribution is -2.48. The SMILES string of the molecule is CCCc1cccc(-[n+]2ccc(-c3cc[n+](Cc4ccccc4)c(P(=O)(O)O)c3)cc2)c1. The molecule has 0 saturated heterocycles. The van der Waals surface area contributed by atoms with Crippen LogP contribution in [0.4, 0.5) is 0 Å². The van der Waals surface area contributed by atoms with Crippen LogP contribution in [0.15, 0.2) is 97.5 Å². The van der Waals surface area contributed by atoms with Gasteiger partial charge in [0.1, 0.15) is 0 Å². The highest BCUT2D eigenvalue weighted by Crippen LogP contribution is 2.33. The normalized spacial score (nSPS) is 11.5. The Balaban J connectivity index is 1.65. The summed E-state index contributed by atoms with van der Waals surface area (Å²) in [5, 5.41) is 0. The lowest BCUT2D eigenvalue weighted by Gasteiger charge is -2.08. The van der Waals surface area contributed by atoms with Crippen molar-refractivity contribution in [3.05, 3.63) is 109 Å². The molecule has 0 aliphatic rings. The molecule has 32 heavy (non-hydrogen) atoms. The fourth-order valence-corrected chi connectivity index (χ4v) is 4.59. The Morgan fingerprint density at radius 3 is 2.16 bits per heavy atom. The van der Waals surface area contributed by atoms with Crippen LogP contribution in [0.2, 0.25) is 0 Å². The number of rotatable bonds is 7. The molecule has 2 aromatic heterocycles. The fourth-order valence-electron chi connectivity index (χ4n) is 3.81. The monoisotopic (exact) mass is 446 g/mol. The van der Waals surface area contributed by atoms with E-state index in [-0.39, 0.29) is 5.44 Å². The molecule has 0 saturated carbocycles. The van der Waals surface area contributed by atoms with Crippen LogP contribution >= 0.6 is 7.60 Å². The third-order valence-electron chi connectivity index (χ3n) is 5.42. The molecule has 0 radical (unpaired) electrons. The first-order chi connectivity index (χ1) is 15.4. The smallest absolute Gasteiger partial charge is 0.317 e. The van der Waals surface area contributed by atoms with Crippen molar-refractivity contribution in [2.45, 2.75) is 26.3 Å². The second kappa shape index (κ2) is 9.58. The molecule has 0 amide bonds. The average molecular weight is 446 g/mol. The van der Waals surface area contributed by atoms with E-state index in [9.17, 15) is 14.4 Å². The Labute approximate surface area is 188 Å². The molecule has 0 bridgehead atoms. The van der Waals surface area contributed by atoms with Crippen molar-refractivity contribution in [2.75, 3.05) is 0 Å². The van der Waals surface area contributed by atoms with E-state index in [0.717, 1.165) is 35.2 Å². The molecule has 2 heterocycles. The number of hydrogen-bond acceptors (Lipinski definition) is 1. The van der Waals surface area contributed by atoms with E-state index in [1.54, 1.807) is 16.8 Å². The molecule has 0 fully saturated rings. The number of pyridine rings is 2. The molecule has 5 nitrogen and oxygen atoms in total. The van der Waals surface area contributed by atoms with Gasteiger partial charge in [-0.1, -0.05) is 55.8 Å². The molecule has 0 spiro atoms. The van der Waals surface area contributed by atoms with Crippen LogP contribution in [0.3, 0.4) is 0 Å². The maximum absolute atomic E-state index is 12.2. The average Bonchev–Trinajstić information content (AvgIpc) is 2.80. The first kappa shape index (κ1) is 22.1. The topological polar surface area (TPSA) is 65.3 Å². The van der Waals surface area contributed by atoms with Gasteiger partial charge in [0.15, 0.2) is 25.1 Å². The Morgan fingerprint density at radius 2 is 1.47 bits per heavy atom. The van der Waals surface area contributed by atoms with Gasteiger partial charge in [0.2, 0.25) is 5.69 Å². The number of hydrogen-bond donors (Lipinski definition) is 2. The van der Waals surface area contributed by atoms with E-state index in [0.29, 0.717) is 6.54 Å². The van der Waals surface area contributed by atoms with E-state index in [1.165, 1.54) is 5.56 Å². The molecule has 162 valence electrons. The lowest BCUT2D eigenvalue weighted by molar-refractivity contribution is -0.671. The van der Waals surface area contributed by atoms with Gasteiger partial charge in [-0.2, -0.15) is 9.13 Å². The number of aromatic nitrogens is 2. The number of nitrogens with zero attached hydrogens (tertiary/aromatic N) is 2. The maximum Gasteiger partial charge on any atom is 0.419 e. The van der Waals surface area contributed by atoms with Gasteiger partial charge in [-0.3, -0.25) is 0 Å². The second-order valence-electron chi connectivity index (χ2n) is 7.85. The quantitative estimate of drug-likeness (QED) is 0.336. The van der Waals surface area contributed by atoms with Gasteiger partial charge in [0.05, 0.1) is 0 Å². The third kappa shape index (κ3) is 5.20. The van der Waals surface area contributed by atoms with Crippen LogP contribution in [-0.4, -0.2) is 9.79 Å². The lowest BCUT2D eigenvalue weighted by atomic mass is 10.1. The summed E-state index contributed by atoms with van der Waals surface area (Å²) in [6.07, 6.45) is 7.84. The molecule has 2 N–H and O–H groups in total. The summed E-state index contributed by atoms with van der Waals surface area (Å²) in [6.45, 7) is 2.56. The number of aryl methyl sites for hydroxylation is 1. The number of benzene rings is 2. The Morgan fingerprint density at radius 1 is 0.781 bits per heavy atom. The molecule has 4 rings (SSSR count). The summed E-state index contributed by atoms with van der Waals surface area (Å²) in [5.41, 5.74) is 5.03. The molecule has 0 atom stereocenters. The zero-order valence-corrected chi connectivity index (χ0v) is 18.9. The van der Waals surface area contributed by atoms with Gasteiger partial charge < -0.3 is 9.79 Å². The summed E-state index contributed by atoms with van der Waals surface area (Å²) in [7, 11) is -4.45. The first-order valence-electron chi connectivity index (χ1n) is 10.7. The van der Waals surface area contributed by atoms with Gasteiger partial charge in [-0.05, 0) is 23.1 Å². The minimum Gasteiger partial charge on any atom is -0.317 e. The van der Waals surface area contributed by atoms with Crippen molar-refractivity contribution < 1.29 is 23.5 Å². The molecular weight excluding hydrogens is 419 g/mol. The highest BCUT2D eigenvalue weighted by molar-refractivity contribution is 7.59. The van der Waals surface area contributed by atoms with Crippen molar-refractivity contribution in [3.8, 4) is 16.8 Å². The highest BCUT2D eigenvalue weighted by Gasteiger charge is 2.30. The van der Waals surface area contributed by atoms with Crippen molar-refractivity contribution in [2.24, 2.45) is 0 Å². The van der Waals surface area contributed by atoms with Crippen molar-refractivity contribution in [3.63, 3.8) is 0 Å². The van der Waals surface area contributed by atoms with Crippen LogP contribution in [0.5, 0.6) is 0 Å². The Kier molecular flexibility index (Phi) is 6.61. The standard InChI is InChI=1S/C26H25N2O3P/c1-2-7-21-10-6-11-25(18-21)27-15-12-23(13-16-27)24-14-17-28(26(19-24)32(29,30)31)20-22-8-4-3-5-9-22/h3-6,8-19H,2,7,20H2,1H3/p+2. The summed E-state index contributed by atoms with van der Waals surface area (Å²) in [4.78, 5) is 19.9. The van der Waals surface area contributed by atoms with Gasteiger partial charge in [-0.15, -0.1) is 0 Å². The minimum absolute atomic E-state index is 0.00264. The predicted octanol–water partition coefficient (Wildman–Crippen LogP) is 3.72. The zero-order valence-electron chi connectivity index (χ0n) is 18.0. The van der Waals surface area contributed by atoms with Crippen molar-refractivity contribution in [1.29, 1.82) is 0 Å². The van der Waals surface area contributed by atoms with E-state index in [1.807, 2.05) is 65.5 Å². The molecular formula is C26H27N2O3P+2. The molecule has 0 unspecified atom stereocenters. The summed E-state index contributed by atoms with van der Waals surface area (Å²) in [6, 6.07) is 25.5. The van der Waals surface area contributed by atoms with E-state index >= 15 is 0 Å². The molecule has 2 aromatic carbocycles. The molecule has 0 aliphatic heterocycles. The largest absolute Gasteiger partial charge is 0.419 e. The maximum atomic E-state index is 12.2. The van der Waals surface area contributed by atoms with E-state index < -0.39 is 7.60 Å². The van der Waals surface area contributed by atoms with Crippen molar-refractivity contribution in [1.82, 2.24) is 0 Å². The molecule has 0 aliphatic carbocycles. The second-order valence-corrected chi connectivity index (χ2v) is 9.39. The predicted molar refractivity (Wildman–Crippen MR) is 125 cm³/mol. The van der Waals surface area contributed by atoms with Crippen molar-refractivity contribution >= 4 is 13.0 Å². The minimum atomic E-state index is -4.45. The van der Waals surface area contributed by atoms with Crippen LogP contribution in [0, 0.1) is 0 Å². The van der Waals surface area contributed by atoms with Gasteiger partial charge in [0.25, 0.3) is 5.44 Å². The van der Waals surface area contributed by atoms with Gasteiger partial charge in [0, 0.05) is 42.0 Å². The van der Waals surface area contributed by atoms with Crippen LogP contribution in [-0.2, 0) is 17.5 Å². The molecule has 4 aromatic rings. The fraction of sp³-hybridized carbons (Fsp3) is 0.154. The Hall–Kier alpha value is -3.11. The Bertz CT molecular complexity index is 1250. The first-order valence-corrected chi connectivity index (χ1v) is 12.3. The van der Waals surface area contributed by atoms with Gasteiger partial charge in [-0.25, -0.2) is 4.57 Å². The summed E-state index contributed by atoms with van der Waals surface area (Å²) >= 11 is 0. The van der Waals surface area contributed by atoms with Crippen LogP contribution in [0.1, 0.15) is 24.5 Å². The third-order valence-corrected chi connectivity index (χ3v) is 6.40. The highest BCUT2D eigenvalue weighted by atomic mass is 31.2. The van der Waals surface area contributed by atoms with Crippen LogP contribution in [0.25, 0.3) is 16.8 Å². The van der Waals surface area contributed by atoms with E-state index in [4.69, 9.17) is 0 Å². The zero-order chi connectivity index (χ0) is 22.6. The summed E-state index contributed by atoms with van der Waals surface area (Å²) in [5.74, 6) is 0. The van der Waals surface area contributed by atoms with Crippen LogP contribution < -0.4 is 14.6 Å².